The van der Waals surface area contributed by atoms with Gasteiger partial charge in [-0.3, -0.25) is 0 Å². The standard InChI is InChI=1S/C7H8F3NO2S/c1-4-2-13-6(11-4)14-3-5(12)7(8,9)10/h2,5,12H,3H2,1H3. The lowest BCUT2D eigenvalue weighted by molar-refractivity contribution is -0.195. The van der Waals surface area contributed by atoms with Gasteiger partial charge < -0.3 is 9.52 Å². The van der Waals surface area contributed by atoms with Crippen LogP contribution in [-0.4, -0.2) is 28.1 Å². The molecule has 1 unspecified atom stereocenters. The molecule has 0 fully saturated rings. The summed E-state index contributed by atoms with van der Waals surface area (Å²) in [6.07, 6.45) is -5.60. The number of aliphatic hydroxyl groups is 1. The van der Waals surface area contributed by atoms with Gasteiger partial charge in [0, 0.05) is 5.75 Å². The molecule has 0 radical (unpaired) electrons. The van der Waals surface area contributed by atoms with Crippen molar-refractivity contribution in [2.75, 3.05) is 5.75 Å². The number of rotatable bonds is 3. The molecule has 1 rings (SSSR count). The van der Waals surface area contributed by atoms with Crippen LogP contribution in [0, 0.1) is 6.92 Å². The molecule has 0 aliphatic heterocycles. The largest absolute Gasteiger partial charge is 0.440 e. The third-order valence-electron chi connectivity index (χ3n) is 1.34. The fourth-order valence-corrected chi connectivity index (χ4v) is 1.46. The molecular weight excluding hydrogens is 219 g/mol. The van der Waals surface area contributed by atoms with Crippen LogP contribution in [0.4, 0.5) is 13.2 Å². The summed E-state index contributed by atoms with van der Waals surface area (Å²) in [5.74, 6) is -0.510. The highest BCUT2D eigenvalue weighted by atomic mass is 32.2. The Morgan fingerprint density at radius 3 is 2.71 bits per heavy atom. The minimum Gasteiger partial charge on any atom is -0.440 e. The summed E-state index contributed by atoms with van der Waals surface area (Å²) in [7, 11) is 0. The van der Waals surface area contributed by atoms with E-state index < -0.39 is 18.0 Å². The molecule has 0 saturated heterocycles. The normalized spacial score (nSPS) is 14.4. The second-order valence-corrected chi connectivity index (χ2v) is 3.59. The van der Waals surface area contributed by atoms with E-state index in [-0.39, 0.29) is 5.22 Å². The number of alkyl halides is 3. The van der Waals surface area contributed by atoms with Gasteiger partial charge in [0.05, 0.1) is 5.69 Å². The van der Waals surface area contributed by atoms with E-state index in [1.807, 2.05) is 0 Å². The molecule has 0 spiro atoms. The Morgan fingerprint density at radius 2 is 2.29 bits per heavy atom. The second-order valence-electron chi connectivity index (χ2n) is 2.62. The number of aryl methyl sites for hydroxylation is 1. The molecule has 1 aromatic rings. The minimum absolute atomic E-state index is 0.130. The van der Waals surface area contributed by atoms with Crippen LogP contribution in [-0.2, 0) is 0 Å². The van der Waals surface area contributed by atoms with Crippen LogP contribution < -0.4 is 0 Å². The summed E-state index contributed by atoms with van der Waals surface area (Å²) in [5.41, 5.74) is 0.592. The number of hydrogen-bond acceptors (Lipinski definition) is 4. The van der Waals surface area contributed by atoms with E-state index in [0.29, 0.717) is 5.69 Å². The predicted octanol–water partition coefficient (Wildman–Crippen LogP) is 2.00. The third-order valence-corrected chi connectivity index (χ3v) is 2.26. The van der Waals surface area contributed by atoms with E-state index in [2.05, 4.69) is 4.98 Å². The van der Waals surface area contributed by atoms with E-state index in [1.165, 1.54) is 6.26 Å². The molecule has 0 aliphatic carbocycles. The van der Waals surface area contributed by atoms with Crippen LogP contribution in [0.2, 0.25) is 0 Å². The summed E-state index contributed by atoms with van der Waals surface area (Å²) in [6, 6.07) is 0. The van der Waals surface area contributed by atoms with Crippen molar-refractivity contribution in [3.05, 3.63) is 12.0 Å². The van der Waals surface area contributed by atoms with Crippen molar-refractivity contribution in [1.29, 1.82) is 0 Å². The summed E-state index contributed by atoms with van der Waals surface area (Å²) < 4.78 is 40.3. The molecule has 0 aliphatic rings. The molecule has 7 heteroatoms. The van der Waals surface area contributed by atoms with Crippen LogP contribution in [0.5, 0.6) is 0 Å². The predicted molar refractivity (Wildman–Crippen MR) is 44.0 cm³/mol. The van der Waals surface area contributed by atoms with Crippen LogP contribution in [0.1, 0.15) is 5.69 Å². The first kappa shape index (κ1) is 11.4. The van der Waals surface area contributed by atoms with Crippen molar-refractivity contribution < 1.29 is 22.7 Å². The molecule has 0 amide bonds. The van der Waals surface area contributed by atoms with Gasteiger partial charge in [-0.25, -0.2) is 4.98 Å². The van der Waals surface area contributed by atoms with E-state index >= 15 is 0 Å². The van der Waals surface area contributed by atoms with Crippen molar-refractivity contribution in [3.63, 3.8) is 0 Å². The number of halogens is 3. The first-order valence-electron chi connectivity index (χ1n) is 3.69. The zero-order valence-electron chi connectivity index (χ0n) is 7.21. The van der Waals surface area contributed by atoms with Gasteiger partial charge in [-0.1, -0.05) is 11.8 Å². The summed E-state index contributed by atoms with van der Waals surface area (Å²) >= 11 is 0.728. The summed E-state index contributed by atoms with van der Waals surface area (Å²) in [4.78, 5) is 3.78. The molecule has 1 N–H and O–H groups in total. The molecule has 3 nitrogen and oxygen atoms in total. The number of nitrogens with zero attached hydrogens (tertiary/aromatic N) is 1. The maximum atomic E-state index is 11.8. The van der Waals surface area contributed by atoms with Gasteiger partial charge >= 0.3 is 6.18 Å². The van der Waals surface area contributed by atoms with Gasteiger partial charge in [0.2, 0.25) is 0 Å². The zero-order valence-corrected chi connectivity index (χ0v) is 8.02. The Hall–Kier alpha value is -0.690. The van der Waals surface area contributed by atoms with Gasteiger partial charge in [0.15, 0.2) is 6.10 Å². The van der Waals surface area contributed by atoms with Crippen molar-refractivity contribution in [2.24, 2.45) is 0 Å². The average Bonchev–Trinajstić information content (AvgIpc) is 2.45. The maximum absolute atomic E-state index is 11.8. The third kappa shape index (κ3) is 3.22. The smallest absolute Gasteiger partial charge is 0.415 e. The van der Waals surface area contributed by atoms with Crippen molar-refractivity contribution >= 4 is 11.8 Å². The molecule has 0 bridgehead atoms. The Labute approximate surface area is 82.3 Å². The van der Waals surface area contributed by atoms with E-state index in [4.69, 9.17) is 9.52 Å². The molecule has 1 aromatic heterocycles. The lowest BCUT2D eigenvalue weighted by Crippen LogP contribution is -2.30. The quantitative estimate of drug-likeness (QED) is 0.802. The Balaban J connectivity index is 2.41. The topological polar surface area (TPSA) is 46.3 Å². The Kier molecular flexibility index (Phi) is 3.43. The highest BCUT2D eigenvalue weighted by Crippen LogP contribution is 2.26. The van der Waals surface area contributed by atoms with E-state index in [0.717, 1.165) is 11.8 Å². The molecule has 1 atom stereocenters. The summed E-state index contributed by atoms with van der Waals surface area (Å²) in [5, 5.41) is 8.77. The van der Waals surface area contributed by atoms with Crippen molar-refractivity contribution in [1.82, 2.24) is 4.98 Å². The van der Waals surface area contributed by atoms with Crippen LogP contribution >= 0.6 is 11.8 Å². The minimum atomic E-state index is -4.59. The first-order valence-corrected chi connectivity index (χ1v) is 4.68. The van der Waals surface area contributed by atoms with Gasteiger partial charge in [-0.2, -0.15) is 13.2 Å². The molecule has 0 aromatic carbocycles. The van der Waals surface area contributed by atoms with Gasteiger partial charge in [-0.05, 0) is 6.92 Å². The number of aliphatic hydroxyl groups excluding tert-OH is 1. The molecule has 80 valence electrons. The number of hydrogen-bond donors (Lipinski definition) is 1. The van der Waals surface area contributed by atoms with Crippen LogP contribution in [0.15, 0.2) is 15.9 Å². The lowest BCUT2D eigenvalue weighted by atomic mass is 10.4. The summed E-state index contributed by atoms with van der Waals surface area (Å²) in [6.45, 7) is 1.66. The van der Waals surface area contributed by atoms with Crippen molar-refractivity contribution in [2.45, 2.75) is 24.4 Å². The van der Waals surface area contributed by atoms with Crippen LogP contribution in [0.25, 0.3) is 0 Å². The van der Waals surface area contributed by atoms with Gasteiger partial charge in [0.1, 0.15) is 6.26 Å². The molecule has 0 saturated carbocycles. The molecule has 14 heavy (non-hydrogen) atoms. The van der Waals surface area contributed by atoms with E-state index in [1.54, 1.807) is 6.92 Å². The zero-order chi connectivity index (χ0) is 10.8. The SMILES string of the molecule is Cc1coc(SCC(O)C(F)(F)F)n1. The highest BCUT2D eigenvalue weighted by Gasteiger charge is 2.38. The van der Waals surface area contributed by atoms with Crippen molar-refractivity contribution in [3.8, 4) is 0 Å². The van der Waals surface area contributed by atoms with Gasteiger partial charge in [-0.15, -0.1) is 0 Å². The lowest BCUT2D eigenvalue weighted by Gasteiger charge is -2.12. The monoisotopic (exact) mass is 227 g/mol. The number of thioether (sulfide) groups is 1. The Morgan fingerprint density at radius 1 is 1.64 bits per heavy atom. The average molecular weight is 227 g/mol. The second kappa shape index (κ2) is 4.22. The number of oxazole rings is 1. The highest BCUT2D eigenvalue weighted by molar-refractivity contribution is 7.99. The Bertz CT molecular complexity index is 299. The number of aromatic nitrogens is 1. The van der Waals surface area contributed by atoms with Gasteiger partial charge in [0.25, 0.3) is 5.22 Å². The first-order chi connectivity index (χ1) is 6.39. The van der Waals surface area contributed by atoms with E-state index in [9.17, 15) is 13.2 Å². The van der Waals surface area contributed by atoms with Crippen LogP contribution in [0.3, 0.4) is 0 Å². The molecular formula is C7H8F3NO2S. The maximum Gasteiger partial charge on any atom is 0.415 e. The fourth-order valence-electron chi connectivity index (χ4n) is 0.643. The fraction of sp³-hybridized carbons (Fsp3) is 0.571. The molecule has 1 heterocycles.